The molecule has 2 aromatic carbocycles. The molecule has 8 heteroatoms. The van der Waals surface area contributed by atoms with Gasteiger partial charge in [-0.3, -0.25) is 9.69 Å². The monoisotopic (exact) mass is 465 g/mol. The molecule has 0 aromatic heterocycles. The molecule has 150 valence electrons. The molecule has 0 N–H and O–H groups in total. The van der Waals surface area contributed by atoms with Crippen molar-refractivity contribution >= 4 is 63.5 Å². The predicted octanol–water partition coefficient (Wildman–Crippen LogP) is 5.97. The Bertz CT molecular complexity index is 1010. The molecule has 1 amide bonds. The van der Waals surface area contributed by atoms with E-state index in [0.717, 1.165) is 5.56 Å². The van der Waals surface area contributed by atoms with Gasteiger partial charge in [-0.25, -0.2) is 0 Å². The van der Waals surface area contributed by atoms with Crippen molar-refractivity contribution < 1.29 is 14.3 Å². The molecule has 0 atom stereocenters. The Labute approximate surface area is 189 Å². The van der Waals surface area contributed by atoms with E-state index in [4.69, 9.17) is 44.9 Å². The zero-order valence-corrected chi connectivity index (χ0v) is 18.6. The number of carbonyl (C=O) groups excluding carboxylic acids is 1. The number of halogens is 2. The maximum Gasteiger partial charge on any atom is 0.266 e. The van der Waals surface area contributed by atoms with Gasteiger partial charge >= 0.3 is 0 Å². The topological polar surface area (TPSA) is 38.8 Å². The highest BCUT2D eigenvalue weighted by molar-refractivity contribution is 8.26. The number of thioether (sulfide) groups is 1. The van der Waals surface area contributed by atoms with E-state index in [2.05, 4.69) is 6.58 Å². The lowest BCUT2D eigenvalue weighted by molar-refractivity contribution is -0.121. The van der Waals surface area contributed by atoms with Gasteiger partial charge < -0.3 is 9.47 Å². The molecule has 1 saturated heterocycles. The molecule has 2 aromatic rings. The zero-order chi connectivity index (χ0) is 21.0. The Kier molecular flexibility index (Phi) is 7.24. The first-order valence-electron chi connectivity index (χ1n) is 8.54. The molecule has 0 spiro atoms. The molecule has 0 bridgehead atoms. The van der Waals surface area contributed by atoms with Crippen LogP contribution in [-0.2, 0) is 11.4 Å². The number of benzene rings is 2. The summed E-state index contributed by atoms with van der Waals surface area (Å²) in [5, 5.41) is 0.977. The van der Waals surface area contributed by atoms with Gasteiger partial charge in [-0.1, -0.05) is 71.5 Å². The summed E-state index contributed by atoms with van der Waals surface area (Å²) < 4.78 is 11.8. The fraction of sp³-hybridized carbons (Fsp3) is 0.143. The molecule has 1 fully saturated rings. The van der Waals surface area contributed by atoms with Crippen LogP contribution in [0.1, 0.15) is 11.1 Å². The highest BCUT2D eigenvalue weighted by Gasteiger charge is 2.31. The van der Waals surface area contributed by atoms with Crippen molar-refractivity contribution in [2.45, 2.75) is 6.61 Å². The van der Waals surface area contributed by atoms with E-state index in [-0.39, 0.29) is 12.5 Å². The van der Waals surface area contributed by atoms with E-state index in [1.54, 1.807) is 30.4 Å². The van der Waals surface area contributed by atoms with Crippen LogP contribution in [-0.4, -0.2) is 28.8 Å². The van der Waals surface area contributed by atoms with Gasteiger partial charge in [0.15, 0.2) is 11.5 Å². The molecule has 0 aliphatic carbocycles. The van der Waals surface area contributed by atoms with Gasteiger partial charge in [0.25, 0.3) is 5.91 Å². The first kappa shape index (κ1) is 21.7. The summed E-state index contributed by atoms with van der Waals surface area (Å²) in [5.41, 5.74) is 1.54. The van der Waals surface area contributed by atoms with Crippen molar-refractivity contribution in [1.29, 1.82) is 0 Å². The first-order chi connectivity index (χ1) is 13.9. The van der Waals surface area contributed by atoms with Crippen molar-refractivity contribution in [2.24, 2.45) is 0 Å². The van der Waals surface area contributed by atoms with Crippen LogP contribution < -0.4 is 9.47 Å². The van der Waals surface area contributed by atoms with Gasteiger partial charge in [-0.05, 0) is 29.8 Å². The Hall–Kier alpha value is -1.99. The summed E-state index contributed by atoms with van der Waals surface area (Å²) in [6, 6.07) is 10.9. The summed E-state index contributed by atoms with van der Waals surface area (Å²) in [5.74, 6) is 0.705. The maximum atomic E-state index is 12.5. The van der Waals surface area contributed by atoms with Crippen LogP contribution in [0.2, 0.25) is 10.0 Å². The summed E-state index contributed by atoms with van der Waals surface area (Å²) in [4.78, 5) is 14.5. The van der Waals surface area contributed by atoms with Gasteiger partial charge in [0, 0.05) is 17.1 Å². The van der Waals surface area contributed by atoms with E-state index < -0.39 is 0 Å². The lowest BCUT2D eigenvalue weighted by Crippen LogP contribution is -2.27. The van der Waals surface area contributed by atoms with E-state index in [9.17, 15) is 4.79 Å². The van der Waals surface area contributed by atoms with Crippen LogP contribution in [0.25, 0.3) is 6.08 Å². The third-order valence-electron chi connectivity index (χ3n) is 4.06. The summed E-state index contributed by atoms with van der Waals surface area (Å²) in [6.07, 6.45) is 3.37. The lowest BCUT2D eigenvalue weighted by Gasteiger charge is -2.14. The minimum Gasteiger partial charge on any atom is -0.493 e. The third-order valence-corrected chi connectivity index (χ3v) is 6.09. The number of hydrogen-bond acceptors (Lipinski definition) is 5. The molecular weight excluding hydrogens is 449 g/mol. The van der Waals surface area contributed by atoms with Crippen LogP contribution in [0.15, 0.2) is 54.0 Å². The van der Waals surface area contributed by atoms with Gasteiger partial charge in [-0.15, -0.1) is 6.58 Å². The SMILES string of the molecule is C=CCN1C(=O)/C(=C/c2cc(Cl)c(OCc3ccccc3Cl)c(OC)c2)SC1=S. The average Bonchev–Trinajstić information content (AvgIpc) is 2.95. The van der Waals surface area contributed by atoms with E-state index in [1.165, 1.54) is 23.8 Å². The van der Waals surface area contributed by atoms with Crippen LogP contribution in [0, 0.1) is 0 Å². The lowest BCUT2D eigenvalue weighted by atomic mass is 10.1. The number of rotatable bonds is 7. The number of methoxy groups -OCH3 is 1. The summed E-state index contributed by atoms with van der Waals surface area (Å²) >= 11 is 19.1. The number of amides is 1. The first-order valence-corrected chi connectivity index (χ1v) is 10.5. The number of nitrogens with zero attached hydrogens (tertiary/aromatic N) is 1. The summed E-state index contributed by atoms with van der Waals surface area (Å²) in [6.45, 7) is 4.27. The molecule has 29 heavy (non-hydrogen) atoms. The summed E-state index contributed by atoms with van der Waals surface area (Å²) in [7, 11) is 1.53. The second-order valence-corrected chi connectivity index (χ2v) is 8.49. The quantitative estimate of drug-likeness (QED) is 0.286. The third kappa shape index (κ3) is 4.95. The normalized spacial score (nSPS) is 15.1. The van der Waals surface area contributed by atoms with Crippen LogP contribution in [0.4, 0.5) is 0 Å². The minimum absolute atomic E-state index is 0.158. The fourth-order valence-electron chi connectivity index (χ4n) is 2.67. The number of thiocarbonyl (C=S) groups is 1. The van der Waals surface area contributed by atoms with E-state index in [1.807, 2.05) is 18.2 Å². The van der Waals surface area contributed by atoms with Gasteiger partial charge in [0.2, 0.25) is 0 Å². The smallest absolute Gasteiger partial charge is 0.266 e. The van der Waals surface area contributed by atoms with Crippen molar-refractivity contribution in [3.63, 3.8) is 0 Å². The Morgan fingerprint density at radius 1 is 1.24 bits per heavy atom. The Balaban J connectivity index is 1.85. The standard InChI is InChI=1S/C21H17Cl2NO3S2/c1-3-8-24-20(25)18(29-21(24)28)11-13-9-16(23)19(17(10-13)26-2)27-12-14-6-4-5-7-15(14)22/h3-7,9-11H,1,8,12H2,2H3/b18-11-. The molecule has 0 radical (unpaired) electrons. The largest absolute Gasteiger partial charge is 0.493 e. The fourth-order valence-corrected chi connectivity index (χ4v) is 4.41. The number of hydrogen-bond donors (Lipinski definition) is 0. The predicted molar refractivity (Wildman–Crippen MR) is 124 cm³/mol. The molecule has 0 saturated carbocycles. The molecule has 1 heterocycles. The van der Waals surface area contributed by atoms with Crippen molar-refractivity contribution in [3.05, 3.63) is 75.1 Å². The van der Waals surface area contributed by atoms with Gasteiger partial charge in [-0.2, -0.15) is 0 Å². The Morgan fingerprint density at radius 2 is 2.00 bits per heavy atom. The second-order valence-electron chi connectivity index (χ2n) is 6.00. The van der Waals surface area contributed by atoms with Gasteiger partial charge in [0.05, 0.1) is 17.0 Å². The van der Waals surface area contributed by atoms with Crippen molar-refractivity contribution in [2.75, 3.05) is 13.7 Å². The molecule has 3 rings (SSSR count). The second kappa shape index (κ2) is 9.67. The number of carbonyl (C=O) groups is 1. The molecule has 4 nitrogen and oxygen atoms in total. The average molecular weight is 466 g/mol. The highest BCUT2D eigenvalue weighted by Crippen LogP contribution is 2.39. The van der Waals surface area contributed by atoms with Crippen LogP contribution in [0.5, 0.6) is 11.5 Å². The van der Waals surface area contributed by atoms with Crippen molar-refractivity contribution in [1.82, 2.24) is 4.90 Å². The number of ether oxygens (including phenoxy) is 2. The van der Waals surface area contributed by atoms with E-state index in [0.29, 0.717) is 42.9 Å². The van der Waals surface area contributed by atoms with Gasteiger partial charge in [0.1, 0.15) is 10.9 Å². The zero-order valence-electron chi connectivity index (χ0n) is 15.5. The Morgan fingerprint density at radius 3 is 2.69 bits per heavy atom. The molecular formula is C21H17Cl2NO3S2. The van der Waals surface area contributed by atoms with Crippen LogP contribution in [0.3, 0.4) is 0 Å². The minimum atomic E-state index is -0.158. The molecule has 1 aliphatic heterocycles. The maximum absolute atomic E-state index is 12.5. The molecule has 1 aliphatic rings. The molecule has 0 unspecified atom stereocenters. The van der Waals surface area contributed by atoms with E-state index >= 15 is 0 Å². The van der Waals surface area contributed by atoms with Crippen molar-refractivity contribution in [3.8, 4) is 11.5 Å². The van der Waals surface area contributed by atoms with Crippen LogP contribution >= 0.6 is 47.2 Å². The highest BCUT2D eigenvalue weighted by atomic mass is 35.5.